The van der Waals surface area contributed by atoms with Crippen LogP contribution in [0.25, 0.3) is 0 Å². The van der Waals surface area contributed by atoms with Gasteiger partial charge in [0.2, 0.25) is 17.7 Å². The zero-order chi connectivity index (χ0) is 27.2. The summed E-state index contributed by atoms with van der Waals surface area (Å²) >= 11 is 3.69. The number of nitrogens with zero attached hydrogens (tertiary/aromatic N) is 1. The topological polar surface area (TPSA) is 108 Å². The van der Waals surface area contributed by atoms with Crippen LogP contribution in [0.4, 0.5) is 5.69 Å². The van der Waals surface area contributed by atoms with Crippen molar-refractivity contribution in [3.8, 4) is 0 Å². The maximum Gasteiger partial charge on any atom is 0.250 e. The lowest BCUT2D eigenvalue weighted by molar-refractivity contribution is -0.144. The number of aryl methyl sites for hydroxylation is 2. The number of anilines is 1. The average Bonchev–Trinajstić information content (AvgIpc) is 3.49. The number of alkyl halides is 1. The molecule has 9 heteroatoms. The Bertz CT molecular complexity index is 1220. The summed E-state index contributed by atoms with van der Waals surface area (Å²) in [6.45, 7) is 5.92. The normalized spacial score (nSPS) is 30.3. The summed E-state index contributed by atoms with van der Waals surface area (Å²) in [4.78, 5) is 43.2. The molecule has 7 atom stereocenters. The zero-order valence-electron chi connectivity index (χ0n) is 21.8. The lowest BCUT2D eigenvalue weighted by atomic mass is 9.70. The minimum absolute atomic E-state index is 0.191. The van der Waals surface area contributed by atoms with Crippen LogP contribution in [0.3, 0.4) is 0 Å². The minimum atomic E-state index is -1.20. The van der Waals surface area contributed by atoms with Gasteiger partial charge in [-0.3, -0.25) is 14.4 Å². The Morgan fingerprint density at radius 2 is 1.82 bits per heavy atom. The van der Waals surface area contributed by atoms with Crippen LogP contribution in [0.5, 0.6) is 0 Å². The van der Waals surface area contributed by atoms with Crippen LogP contribution < -0.4 is 10.6 Å². The fourth-order valence-corrected chi connectivity index (χ4v) is 7.54. The molecule has 3 saturated heterocycles. The lowest BCUT2D eigenvalue weighted by Gasteiger charge is -2.37. The lowest BCUT2D eigenvalue weighted by Crippen LogP contribution is -2.55. The minimum Gasteiger partial charge on any atom is -0.394 e. The van der Waals surface area contributed by atoms with Crippen LogP contribution in [-0.2, 0) is 19.1 Å². The van der Waals surface area contributed by atoms with Gasteiger partial charge in [0, 0.05) is 17.1 Å². The Morgan fingerprint density at radius 1 is 1.13 bits per heavy atom. The number of amides is 3. The van der Waals surface area contributed by atoms with Gasteiger partial charge in [0.05, 0.1) is 30.6 Å². The Balaban J connectivity index is 1.61. The van der Waals surface area contributed by atoms with E-state index in [0.29, 0.717) is 24.2 Å². The van der Waals surface area contributed by atoms with Crippen molar-refractivity contribution < 1.29 is 24.2 Å². The second kappa shape index (κ2) is 10.4. The monoisotopic (exact) mass is 583 g/mol. The van der Waals surface area contributed by atoms with Crippen molar-refractivity contribution in [3.05, 3.63) is 65.2 Å². The van der Waals surface area contributed by atoms with E-state index in [4.69, 9.17) is 4.74 Å². The number of hydrogen-bond acceptors (Lipinski definition) is 5. The molecule has 1 spiro atoms. The molecule has 0 radical (unpaired) electrons. The number of para-hydroxylation sites is 1. The van der Waals surface area contributed by atoms with E-state index in [1.807, 2.05) is 69.3 Å². The average molecular weight is 585 g/mol. The third kappa shape index (κ3) is 4.15. The summed E-state index contributed by atoms with van der Waals surface area (Å²) in [6.07, 6.45) is 0.640. The van der Waals surface area contributed by atoms with Gasteiger partial charge in [0.15, 0.2) is 0 Å². The van der Waals surface area contributed by atoms with Crippen LogP contribution in [0.2, 0.25) is 0 Å². The van der Waals surface area contributed by atoms with Crippen LogP contribution in [0, 0.1) is 25.7 Å². The van der Waals surface area contributed by atoms with E-state index in [9.17, 15) is 19.5 Å². The largest absolute Gasteiger partial charge is 0.394 e. The highest BCUT2D eigenvalue weighted by Crippen LogP contribution is 2.61. The summed E-state index contributed by atoms with van der Waals surface area (Å²) in [6, 6.07) is 13.1. The van der Waals surface area contributed by atoms with Crippen molar-refractivity contribution in [2.24, 2.45) is 11.8 Å². The number of benzene rings is 2. The molecule has 2 aromatic carbocycles. The summed E-state index contributed by atoms with van der Waals surface area (Å²) < 4.78 is 6.56. The van der Waals surface area contributed by atoms with Gasteiger partial charge < -0.3 is 25.4 Å². The predicted octanol–water partition coefficient (Wildman–Crippen LogP) is 3.25. The highest BCUT2D eigenvalue weighted by molar-refractivity contribution is 9.09. The number of carbonyl (C=O) groups is 3. The van der Waals surface area contributed by atoms with E-state index in [0.717, 1.165) is 17.5 Å². The quantitative estimate of drug-likeness (QED) is 0.413. The first-order valence-electron chi connectivity index (χ1n) is 13.2. The first-order chi connectivity index (χ1) is 18.2. The number of hydrogen-bond donors (Lipinski definition) is 3. The molecule has 2 bridgehead atoms. The van der Waals surface area contributed by atoms with Crippen molar-refractivity contribution in [1.82, 2.24) is 10.2 Å². The molecule has 5 rings (SSSR count). The standard InChI is InChI=1S/C29H34BrN3O5/c1-4-13-31-26(35)21-22-28(37)33(20(15-34)18-11-6-5-7-12-18)25(29(22)14-19(30)24(21)38-29)27(36)32-23-16(2)9-8-10-17(23)3/h5-12,19-22,24-25,34H,4,13-15H2,1-3H3,(H,31,35)(H,32,36)/t19?,20-,21+,22+,24+,25?,29?/m1/s1. The highest BCUT2D eigenvalue weighted by Gasteiger charge is 2.77. The van der Waals surface area contributed by atoms with Crippen LogP contribution in [0.15, 0.2) is 48.5 Å². The molecular weight excluding hydrogens is 550 g/mol. The first kappa shape index (κ1) is 26.8. The van der Waals surface area contributed by atoms with Gasteiger partial charge in [0.25, 0.3) is 0 Å². The molecular formula is C29H34BrN3O5. The summed E-state index contributed by atoms with van der Waals surface area (Å²) in [5.41, 5.74) is 1.99. The number of rotatable bonds is 8. The van der Waals surface area contributed by atoms with Crippen LogP contribution in [-0.4, -0.2) is 63.5 Å². The molecule has 3 amide bonds. The second-order valence-corrected chi connectivity index (χ2v) is 11.7. The molecule has 0 saturated carbocycles. The van der Waals surface area contributed by atoms with Crippen molar-refractivity contribution in [2.75, 3.05) is 18.5 Å². The second-order valence-electron chi connectivity index (χ2n) is 10.6. The zero-order valence-corrected chi connectivity index (χ0v) is 23.4. The molecule has 3 N–H and O–H groups in total. The molecule has 3 fully saturated rings. The molecule has 3 heterocycles. The molecule has 2 aromatic rings. The van der Waals surface area contributed by atoms with Crippen LogP contribution >= 0.6 is 15.9 Å². The SMILES string of the molecule is CCCNC(=O)[C@H]1[C@H]2C(=O)N([C@H](CO)c3ccccc3)C(C(=O)Nc3c(C)cccc3C)C23CC(Br)[C@@H]1O3. The van der Waals surface area contributed by atoms with E-state index >= 15 is 0 Å². The molecule has 0 aromatic heterocycles. The predicted molar refractivity (Wildman–Crippen MR) is 147 cm³/mol. The number of ether oxygens (including phenoxy) is 1. The Kier molecular flexibility index (Phi) is 7.37. The summed E-state index contributed by atoms with van der Waals surface area (Å²) in [5, 5.41) is 16.6. The van der Waals surface area contributed by atoms with E-state index in [2.05, 4.69) is 26.6 Å². The van der Waals surface area contributed by atoms with Crippen molar-refractivity contribution in [1.29, 1.82) is 0 Å². The Labute approximate surface area is 231 Å². The third-order valence-corrected chi connectivity index (χ3v) is 9.09. The van der Waals surface area contributed by atoms with Gasteiger partial charge in [-0.15, -0.1) is 0 Å². The Hall–Kier alpha value is -2.75. The number of halogens is 1. The van der Waals surface area contributed by atoms with Gasteiger partial charge in [-0.2, -0.15) is 0 Å². The maximum atomic E-state index is 14.3. The smallest absolute Gasteiger partial charge is 0.250 e. The molecule has 38 heavy (non-hydrogen) atoms. The van der Waals surface area contributed by atoms with Crippen molar-refractivity contribution in [2.45, 2.75) is 62.2 Å². The van der Waals surface area contributed by atoms with E-state index in [-0.39, 0.29) is 29.2 Å². The number of carbonyl (C=O) groups excluding carboxylic acids is 3. The van der Waals surface area contributed by atoms with Gasteiger partial charge in [0.1, 0.15) is 11.6 Å². The first-order valence-corrected chi connectivity index (χ1v) is 14.1. The number of fused-ring (bicyclic) bond motifs is 1. The van der Waals surface area contributed by atoms with Crippen molar-refractivity contribution in [3.63, 3.8) is 0 Å². The van der Waals surface area contributed by atoms with E-state index in [1.54, 1.807) is 0 Å². The van der Waals surface area contributed by atoms with Gasteiger partial charge in [-0.1, -0.05) is 71.4 Å². The summed E-state index contributed by atoms with van der Waals surface area (Å²) in [5.74, 6) is -2.53. The molecule has 3 aliphatic heterocycles. The summed E-state index contributed by atoms with van der Waals surface area (Å²) in [7, 11) is 0. The molecule has 8 nitrogen and oxygen atoms in total. The van der Waals surface area contributed by atoms with Gasteiger partial charge in [-0.25, -0.2) is 0 Å². The number of aliphatic hydroxyl groups is 1. The number of likely N-dealkylation sites (tertiary alicyclic amines) is 1. The van der Waals surface area contributed by atoms with Gasteiger partial charge >= 0.3 is 0 Å². The number of nitrogens with one attached hydrogen (secondary N) is 2. The fraction of sp³-hybridized carbons (Fsp3) is 0.483. The van der Waals surface area contributed by atoms with E-state index in [1.165, 1.54) is 4.90 Å². The maximum absolute atomic E-state index is 14.3. The Morgan fingerprint density at radius 3 is 2.45 bits per heavy atom. The van der Waals surface area contributed by atoms with Crippen LogP contribution in [0.1, 0.15) is 42.5 Å². The van der Waals surface area contributed by atoms with Crippen molar-refractivity contribution >= 4 is 39.3 Å². The van der Waals surface area contributed by atoms with E-state index < -0.39 is 35.6 Å². The molecule has 0 aliphatic carbocycles. The third-order valence-electron chi connectivity index (χ3n) is 8.25. The molecule has 3 unspecified atom stereocenters. The van der Waals surface area contributed by atoms with Gasteiger partial charge in [-0.05, 0) is 43.4 Å². The fourth-order valence-electron chi connectivity index (χ4n) is 6.60. The molecule has 202 valence electrons. The highest BCUT2D eigenvalue weighted by atomic mass is 79.9. The molecule has 3 aliphatic rings. The number of aliphatic hydroxyl groups excluding tert-OH is 1.